The van der Waals surface area contributed by atoms with Crippen molar-refractivity contribution in [2.24, 2.45) is 0 Å². The SMILES string of the molecule is COc1ccc(OCCNc2cc(NC(C)(C)C)nc(C)n2)cc1. The van der Waals surface area contributed by atoms with Crippen LogP contribution in [0.1, 0.15) is 26.6 Å². The molecule has 0 radical (unpaired) electrons. The molecule has 0 unspecified atom stereocenters. The molecule has 0 aliphatic heterocycles. The van der Waals surface area contributed by atoms with Crippen molar-refractivity contribution in [3.8, 4) is 11.5 Å². The maximum atomic E-state index is 5.69. The molecule has 0 saturated carbocycles. The second kappa shape index (κ2) is 7.86. The van der Waals surface area contributed by atoms with Gasteiger partial charge < -0.3 is 20.1 Å². The fraction of sp³-hybridized carbons (Fsp3) is 0.444. The van der Waals surface area contributed by atoms with Crippen LogP contribution in [0.4, 0.5) is 11.6 Å². The van der Waals surface area contributed by atoms with Crippen LogP contribution in [0.2, 0.25) is 0 Å². The van der Waals surface area contributed by atoms with E-state index in [0.29, 0.717) is 13.2 Å². The minimum atomic E-state index is -0.0461. The highest BCUT2D eigenvalue weighted by molar-refractivity contribution is 5.48. The second-order valence-electron chi connectivity index (χ2n) is 6.51. The van der Waals surface area contributed by atoms with Gasteiger partial charge in [0, 0.05) is 11.6 Å². The summed E-state index contributed by atoms with van der Waals surface area (Å²) in [5.41, 5.74) is -0.0461. The van der Waals surface area contributed by atoms with Crippen molar-refractivity contribution in [2.45, 2.75) is 33.2 Å². The van der Waals surface area contributed by atoms with Crippen molar-refractivity contribution < 1.29 is 9.47 Å². The van der Waals surface area contributed by atoms with Gasteiger partial charge in [0.1, 0.15) is 35.6 Å². The Morgan fingerprint density at radius 1 is 1.00 bits per heavy atom. The topological polar surface area (TPSA) is 68.3 Å². The first-order chi connectivity index (χ1) is 11.4. The number of aromatic nitrogens is 2. The van der Waals surface area contributed by atoms with Gasteiger partial charge in [0.15, 0.2) is 0 Å². The summed E-state index contributed by atoms with van der Waals surface area (Å²) in [5, 5.41) is 6.62. The summed E-state index contributed by atoms with van der Waals surface area (Å²) >= 11 is 0. The Morgan fingerprint density at radius 2 is 1.62 bits per heavy atom. The molecule has 0 spiro atoms. The van der Waals surface area contributed by atoms with Gasteiger partial charge in [-0.1, -0.05) is 0 Å². The van der Waals surface area contributed by atoms with E-state index in [0.717, 1.165) is 29.0 Å². The first-order valence-corrected chi connectivity index (χ1v) is 8.00. The third kappa shape index (κ3) is 5.95. The lowest BCUT2D eigenvalue weighted by Crippen LogP contribution is -2.27. The van der Waals surface area contributed by atoms with Gasteiger partial charge in [0.25, 0.3) is 0 Å². The minimum Gasteiger partial charge on any atom is -0.497 e. The summed E-state index contributed by atoms with van der Waals surface area (Å²) in [6, 6.07) is 9.44. The highest BCUT2D eigenvalue weighted by Crippen LogP contribution is 2.17. The van der Waals surface area contributed by atoms with E-state index in [1.54, 1.807) is 7.11 Å². The monoisotopic (exact) mass is 330 g/mol. The van der Waals surface area contributed by atoms with Crippen molar-refractivity contribution >= 4 is 11.6 Å². The maximum absolute atomic E-state index is 5.69. The molecule has 6 nitrogen and oxygen atoms in total. The highest BCUT2D eigenvalue weighted by Gasteiger charge is 2.11. The van der Waals surface area contributed by atoms with Gasteiger partial charge in [0.05, 0.1) is 13.7 Å². The van der Waals surface area contributed by atoms with E-state index in [1.807, 2.05) is 37.3 Å². The molecule has 0 amide bonds. The molecule has 1 aromatic heterocycles. The predicted molar refractivity (Wildman–Crippen MR) is 97.1 cm³/mol. The van der Waals surface area contributed by atoms with E-state index in [4.69, 9.17) is 9.47 Å². The largest absolute Gasteiger partial charge is 0.497 e. The molecular formula is C18H26N4O2. The summed E-state index contributed by atoms with van der Waals surface area (Å²) < 4.78 is 10.8. The predicted octanol–water partition coefficient (Wildman–Crippen LogP) is 3.49. The van der Waals surface area contributed by atoms with E-state index in [-0.39, 0.29) is 5.54 Å². The Balaban J connectivity index is 1.85. The standard InChI is InChI=1S/C18H26N4O2/c1-13-20-16(12-17(21-13)22-18(2,3)4)19-10-11-24-15-8-6-14(23-5)7-9-15/h6-9,12H,10-11H2,1-5H3,(H2,19,20,21,22). The number of nitrogens with one attached hydrogen (secondary N) is 2. The summed E-state index contributed by atoms with van der Waals surface area (Å²) in [6.45, 7) is 9.36. The van der Waals surface area contributed by atoms with E-state index in [2.05, 4.69) is 41.4 Å². The number of nitrogens with zero attached hydrogens (tertiary/aromatic N) is 2. The molecule has 24 heavy (non-hydrogen) atoms. The number of benzene rings is 1. The third-order valence-corrected chi connectivity index (χ3v) is 3.08. The molecule has 6 heteroatoms. The van der Waals surface area contributed by atoms with Crippen LogP contribution in [0.25, 0.3) is 0 Å². The zero-order valence-corrected chi connectivity index (χ0v) is 15.0. The van der Waals surface area contributed by atoms with E-state index in [1.165, 1.54) is 0 Å². The van der Waals surface area contributed by atoms with Gasteiger partial charge in [-0.3, -0.25) is 0 Å². The summed E-state index contributed by atoms with van der Waals surface area (Å²) in [4.78, 5) is 8.80. The number of anilines is 2. The fourth-order valence-electron chi connectivity index (χ4n) is 2.13. The quantitative estimate of drug-likeness (QED) is 0.757. The van der Waals surface area contributed by atoms with Crippen LogP contribution < -0.4 is 20.1 Å². The Hall–Kier alpha value is -2.50. The van der Waals surface area contributed by atoms with E-state index in [9.17, 15) is 0 Å². The van der Waals surface area contributed by atoms with Gasteiger partial charge in [-0.15, -0.1) is 0 Å². The molecule has 0 aliphatic carbocycles. The lowest BCUT2D eigenvalue weighted by Gasteiger charge is -2.21. The normalized spacial score (nSPS) is 11.0. The van der Waals surface area contributed by atoms with Gasteiger partial charge in [-0.2, -0.15) is 0 Å². The van der Waals surface area contributed by atoms with Gasteiger partial charge >= 0.3 is 0 Å². The maximum Gasteiger partial charge on any atom is 0.132 e. The average molecular weight is 330 g/mol. The number of rotatable bonds is 7. The van der Waals surface area contributed by atoms with Gasteiger partial charge in [-0.25, -0.2) is 9.97 Å². The molecule has 0 saturated heterocycles. The first-order valence-electron chi connectivity index (χ1n) is 8.00. The lowest BCUT2D eigenvalue weighted by atomic mass is 10.1. The Morgan fingerprint density at radius 3 is 2.25 bits per heavy atom. The highest BCUT2D eigenvalue weighted by atomic mass is 16.5. The molecule has 0 fully saturated rings. The Labute approximate surface area is 143 Å². The van der Waals surface area contributed by atoms with Crippen LogP contribution >= 0.6 is 0 Å². The fourth-order valence-corrected chi connectivity index (χ4v) is 2.13. The van der Waals surface area contributed by atoms with Crippen LogP contribution in [-0.4, -0.2) is 35.8 Å². The number of methoxy groups -OCH3 is 1. The molecule has 130 valence electrons. The smallest absolute Gasteiger partial charge is 0.132 e. The zero-order valence-electron chi connectivity index (χ0n) is 15.0. The minimum absolute atomic E-state index is 0.0461. The van der Waals surface area contributed by atoms with Crippen molar-refractivity contribution in [3.05, 3.63) is 36.2 Å². The number of aryl methyl sites for hydroxylation is 1. The second-order valence-corrected chi connectivity index (χ2v) is 6.51. The van der Waals surface area contributed by atoms with Crippen LogP contribution in [0, 0.1) is 6.92 Å². The van der Waals surface area contributed by atoms with E-state index >= 15 is 0 Å². The molecule has 2 N–H and O–H groups in total. The molecule has 0 aliphatic rings. The summed E-state index contributed by atoms with van der Waals surface area (Å²) in [6.07, 6.45) is 0. The van der Waals surface area contributed by atoms with Crippen molar-refractivity contribution in [2.75, 3.05) is 30.9 Å². The summed E-state index contributed by atoms with van der Waals surface area (Å²) in [7, 11) is 1.65. The number of ether oxygens (including phenoxy) is 2. The van der Waals surface area contributed by atoms with Crippen molar-refractivity contribution in [1.29, 1.82) is 0 Å². The van der Waals surface area contributed by atoms with E-state index < -0.39 is 0 Å². The molecule has 0 bridgehead atoms. The van der Waals surface area contributed by atoms with Gasteiger partial charge in [-0.05, 0) is 52.0 Å². The van der Waals surface area contributed by atoms with Crippen LogP contribution in [-0.2, 0) is 0 Å². The number of hydrogen-bond donors (Lipinski definition) is 2. The van der Waals surface area contributed by atoms with Crippen molar-refractivity contribution in [1.82, 2.24) is 9.97 Å². The average Bonchev–Trinajstić information content (AvgIpc) is 2.50. The molecule has 2 aromatic rings. The zero-order chi connectivity index (χ0) is 17.6. The first kappa shape index (κ1) is 17.8. The van der Waals surface area contributed by atoms with Crippen LogP contribution in [0.15, 0.2) is 30.3 Å². The van der Waals surface area contributed by atoms with Crippen LogP contribution in [0.5, 0.6) is 11.5 Å². The molecule has 1 heterocycles. The third-order valence-electron chi connectivity index (χ3n) is 3.08. The Kier molecular flexibility index (Phi) is 5.84. The molecular weight excluding hydrogens is 304 g/mol. The number of hydrogen-bond acceptors (Lipinski definition) is 6. The van der Waals surface area contributed by atoms with Crippen molar-refractivity contribution in [3.63, 3.8) is 0 Å². The van der Waals surface area contributed by atoms with Gasteiger partial charge in [0.2, 0.25) is 0 Å². The van der Waals surface area contributed by atoms with Crippen LogP contribution in [0.3, 0.4) is 0 Å². The molecule has 1 aromatic carbocycles. The molecule has 2 rings (SSSR count). The molecule has 0 atom stereocenters. The Bertz CT molecular complexity index is 651. The lowest BCUT2D eigenvalue weighted by molar-refractivity contribution is 0.331. The summed E-state index contributed by atoms with van der Waals surface area (Å²) in [5.74, 6) is 3.95.